The predicted octanol–water partition coefficient (Wildman–Crippen LogP) is 1.64. The van der Waals surface area contributed by atoms with Crippen LogP contribution in [0.15, 0.2) is 43.1 Å². The van der Waals surface area contributed by atoms with E-state index in [9.17, 15) is 4.79 Å². The fourth-order valence-corrected chi connectivity index (χ4v) is 2.82. The fraction of sp³-hybridized carbons (Fsp3) is 0.176. The van der Waals surface area contributed by atoms with Crippen molar-refractivity contribution in [1.29, 1.82) is 0 Å². The Kier molecular flexibility index (Phi) is 3.98. The molecule has 26 heavy (non-hydrogen) atoms. The molecular weight excluding hydrogens is 334 g/mol. The Morgan fingerprint density at radius 2 is 2.15 bits per heavy atom. The van der Waals surface area contributed by atoms with E-state index in [1.165, 1.54) is 6.20 Å². The van der Waals surface area contributed by atoms with Crippen molar-refractivity contribution >= 4 is 29.2 Å². The molecular formula is C17H17N7O2. The molecule has 9 heteroatoms. The van der Waals surface area contributed by atoms with Crippen LogP contribution < -0.4 is 10.4 Å². The van der Waals surface area contributed by atoms with E-state index in [1.54, 1.807) is 52.3 Å². The van der Waals surface area contributed by atoms with E-state index >= 15 is 0 Å². The van der Waals surface area contributed by atoms with Crippen LogP contribution in [0, 0.1) is 0 Å². The Balaban J connectivity index is 1.68. The number of hydrogen-bond acceptors (Lipinski definition) is 6. The summed E-state index contributed by atoms with van der Waals surface area (Å²) in [5.41, 5.74) is 2.98. The number of aryl methyl sites for hydroxylation is 1. The average molecular weight is 351 g/mol. The molecule has 0 radical (unpaired) electrons. The van der Waals surface area contributed by atoms with Gasteiger partial charge in [0, 0.05) is 36.8 Å². The van der Waals surface area contributed by atoms with Crippen LogP contribution in [0.5, 0.6) is 0 Å². The lowest BCUT2D eigenvalue weighted by Crippen LogP contribution is -2.31. The van der Waals surface area contributed by atoms with Crippen LogP contribution in [-0.4, -0.2) is 44.1 Å². The molecule has 1 N–H and O–H groups in total. The van der Waals surface area contributed by atoms with E-state index in [0.29, 0.717) is 23.6 Å². The zero-order chi connectivity index (χ0) is 18.1. The molecule has 0 atom stereocenters. The van der Waals surface area contributed by atoms with Gasteiger partial charge in [0.25, 0.3) is 5.91 Å². The van der Waals surface area contributed by atoms with Crippen LogP contribution in [0.1, 0.15) is 15.9 Å². The number of rotatable bonds is 4. The highest BCUT2D eigenvalue weighted by molar-refractivity contribution is 6.08. The van der Waals surface area contributed by atoms with Crippen molar-refractivity contribution in [2.75, 3.05) is 24.0 Å². The Bertz CT molecular complexity index is 974. The number of anilines is 2. The minimum atomic E-state index is -0.278. The number of carbonyl (C=O) groups is 1. The molecule has 0 fully saturated rings. The number of nitrogens with one attached hydrogen (secondary N) is 1. The van der Waals surface area contributed by atoms with Crippen molar-refractivity contribution in [3.05, 3.63) is 54.2 Å². The number of hydroxylamine groups is 1. The number of pyridine rings is 1. The van der Waals surface area contributed by atoms with Crippen LogP contribution in [0.3, 0.4) is 0 Å². The van der Waals surface area contributed by atoms with Gasteiger partial charge in [-0.05, 0) is 12.1 Å². The molecule has 0 spiro atoms. The first kappa shape index (κ1) is 16.0. The molecule has 4 rings (SSSR count). The smallest absolute Gasteiger partial charge is 0.261 e. The maximum absolute atomic E-state index is 12.7. The Labute approximate surface area is 149 Å². The SMILES string of the molecule is CON1CC(c2cnn(C)c2)=Cn2ncc(C(=O)Nc3cccnc3)c21. The van der Waals surface area contributed by atoms with E-state index in [4.69, 9.17) is 4.84 Å². The van der Waals surface area contributed by atoms with Gasteiger partial charge in [0.1, 0.15) is 5.56 Å². The molecule has 0 unspecified atom stereocenters. The van der Waals surface area contributed by atoms with Gasteiger partial charge in [-0.15, -0.1) is 0 Å². The largest absolute Gasteiger partial charge is 0.320 e. The first-order valence-electron chi connectivity index (χ1n) is 7.96. The third-order valence-electron chi connectivity index (χ3n) is 4.06. The van der Waals surface area contributed by atoms with Gasteiger partial charge in [-0.25, -0.2) is 9.75 Å². The minimum Gasteiger partial charge on any atom is -0.320 e. The number of amides is 1. The number of hydrogen-bond donors (Lipinski definition) is 1. The third kappa shape index (κ3) is 2.84. The average Bonchev–Trinajstić information content (AvgIpc) is 3.28. The van der Waals surface area contributed by atoms with Crippen LogP contribution in [0.4, 0.5) is 11.5 Å². The Hall–Kier alpha value is -3.46. The second kappa shape index (κ2) is 6.45. The lowest BCUT2D eigenvalue weighted by Gasteiger charge is -2.27. The zero-order valence-corrected chi connectivity index (χ0v) is 14.3. The second-order valence-corrected chi connectivity index (χ2v) is 5.80. The quantitative estimate of drug-likeness (QED) is 0.769. The molecule has 0 aliphatic carbocycles. The van der Waals surface area contributed by atoms with E-state index < -0.39 is 0 Å². The molecule has 3 aromatic heterocycles. The summed E-state index contributed by atoms with van der Waals surface area (Å²) in [6.45, 7) is 0.473. The van der Waals surface area contributed by atoms with E-state index in [1.807, 2.05) is 19.4 Å². The van der Waals surface area contributed by atoms with Crippen LogP contribution in [-0.2, 0) is 11.9 Å². The van der Waals surface area contributed by atoms with E-state index in [0.717, 1.165) is 11.1 Å². The topological polar surface area (TPSA) is 90.1 Å². The number of carbonyl (C=O) groups excluding carboxylic acids is 1. The van der Waals surface area contributed by atoms with Crippen LogP contribution in [0.25, 0.3) is 11.8 Å². The lowest BCUT2D eigenvalue weighted by atomic mass is 10.1. The normalized spacial score (nSPS) is 13.3. The maximum Gasteiger partial charge on any atom is 0.261 e. The summed E-state index contributed by atoms with van der Waals surface area (Å²) in [6, 6.07) is 3.53. The van der Waals surface area contributed by atoms with Crippen molar-refractivity contribution in [3.63, 3.8) is 0 Å². The first-order valence-corrected chi connectivity index (χ1v) is 7.96. The highest BCUT2D eigenvalue weighted by Crippen LogP contribution is 2.30. The van der Waals surface area contributed by atoms with Gasteiger partial charge in [0.15, 0.2) is 5.82 Å². The molecule has 1 aliphatic rings. The van der Waals surface area contributed by atoms with Crippen molar-refractivity contribution in [2.24, 2.45) is 7.05 Å². The predicted molar refractivity (Wildman–Crippen MR) is 96.1 cm³/mol. The van der Waals surface area contributed by atoms with Gasteiger partial charge in [-0.2, -0.15) is 10.2 Å². The monoisotopic (exact) mass is 351 g/mol. The molecule has 4 heterocycles. The summed E-state index contributed by atoms with van der Waals surface area (Å²) in [6.07, 6.45) is 10.3. The lowest BCUT2D eigenvalue weighted by molar-refractivity contribution is 0.102. The number of nitrogens with zero attached hydrogens (tertiary/aromatic N) is 6. The molecule has 0 bridgehead atoms. The maximum atomic E-state index is 12.7. The molecule has 1 aliphatic heterocycles. The summed E-state index contributed by atoms with van der Waals surface area (Å²) in [5.74, 6) is 0.293. The summed E-state index contributed by atoms with van der Waals surface area (Å²) in [7, 11) is 3.42. The molecule has 1 amide bonds. The molecule has 0 saturated heterocycles. The van der Waals surface area contributed by atoms with Crippen LogP contribution in [0.2, 0.25) is 0 Å². The summed E-state index contributed by atoms with van der Waals surface area (Å²) >= 11 is 0. The zero-order valence-electron chi connectivity index (χ0n) is 14.3. The summed E-state index contributed by atoms with van der Waals surface area (Å²) < 4.78 is 3.37. The van der Waals surface area contributed by atoms with Crippen molar-refractivity contribution in [1.82, 2.24) is 24.5 Å². The summed E-state index contributed by atoms with van der Waals surface area (Å²) in [4.78, 5) is 22.1. The van der Waals surface area contributed by atoms with Gasteiger partial charge < -0.3 is 5.32 Å². The standard InChI is InChI=1S/C17H17N7O2/c1-22-9-12(6-19-22)13-10-23-17(24(11-13)26-2)15(8-20-23)16(25)21-14-4-3-5-18-7-14/h3-10H,11H2,1-2H3,(H,21,25). The Morgan fingerprint density at radius 3 is 2.85 bits per heavy atom. The van der Waals surface area contributed by atoms with Crippen molar-refractivity contribution < 1.29 is 9.63 Å². The highest BCUT2D eigenvalue weighted by atomic mass is 16.7. The molecule has 132 valence electrons. The van der Waals surface area contributed by atoms with Crippen molar-refractivity contribution in [2.45, 2.75) is 0 Å². The van der Waals surface area contributed by atoms with E-state index in [-0.39, 0.29) is 5.91 Å². The number of aromatic nitrogens is 5. The van der Waals surface area contributed by atoms with Gasteiger partial charge in [0.2, 0.25) is 0 Å². The number of fused-ring (bicyclic) bond motifs is 1. The van der Waals surface area contributed by atoms with E-state index in [2.05, 4.69) is 20.5 Å². The molecule has 9 nitrogen and oxygen atoms in total. The minimum absolute atomic E-state index is 0.278. The Morgan fingerprint density at radius 1 is 1.27 bits per heavy atom. The van der Waals surface area contributed by atoms with Crippen LogP contribution >= 0.6 is 0 Å². The second-order valence-electron chi connectivity index (χ2n) is 5.80. The molecule has 0 aromatic carbocycles. The summed E-state index contributed by atoms with van der Waals surface area (Å²) in [5, 5.41) is 13.0. The first-order chi connectivity index (χ1) is 12.7. The van der Waals surface area contributed by atoms with Crippen molar-refractivity contribution in [3.8, 4) is 0 Å². The fourth-order valence-electron chi connectivity index (χ4n) is 2.82. The van der Waals surface area contributed by atoms with Gasteiger partial charge in [-0.3, -0.25) is 19.3 Å². The highest BCUT2D eigenvalue weighted by Gasteiger charge is 2.27. The van der Waals surface area contributed by atoms with Gasteiger partial charge in [0.05, 0.1) is 37.9 Å². The van der Waals surface area contributed by atoms with Gasteiger partial charge >= 0.3 is 0 Å². The van der Waals surface area contributed by atoms with Gasteiger partial charge in [-0.1, -0.05) is 0 Å². The molecule has 3 aromatic rings. The third-order valence-corrected chi connectivity index (χ3v) is 4.06. The molecule has 0 saturated carbocycles.